The van der Waals surface area contributed by atoms with Gasteiger partial charge >= 0.3 is 39.5 Å². The van der Waals surface area contributed by atoms with E-state index in [4.69, 9.17) is 37.0 Å². The Kier molecular flexibility index (Phi) is 74.3. The van der Waals surface area contributed by atoms with Gasteiger partial charge in [0.1, 0.15) is 19.3 Å². The van der Waals surface area contributed by atoms with Crippen molar-refractivity contribution in [1.29, 1.82) is 0 Å². The third kappa shape index (κ3) is 77.1. The number of phosphoric ester groups is 2. The van der Waals surface area contributed by atoms with E-state index < -0.39 is 97.5 Å². The average molecular weight is 1530 g/mol. The van der Waals surface area contributed by atoms with Crippen molar-refractivity contribution in [1.82, 2.24) is 0 Å². The number of rotatable bonds is 76. The molecule has 0 aliphatic carbocycles. The summed E-state index contributed by atoms with van der Waals surface area (Å²) in [5.74, 6) is -2.27. The zero-order valence-corrected chi connectivity index (χ0v) is 68.1. The van der Waals surface area contributed by atoms with E-state index in [2.05, 4.69) is 174 Å². The normalized spacial score (nSPS) is 14.6. The van der Waals surface area contributed by atoms with Gasteiger partial charge in [0.25, 0.3) is 0 Å². The fraction of sp³-hybridized carbons (Fsp3) is 0.678. The molecular formula is C87H146O17P2. The van der Waals surface area contributed by atoms with Gasteiger partial charge in [0.2, 0.25) is 0 Å². The average Bonchev–Trinajstić information content (AvgIpc) is 0.903. The van der Waals surface area contributed by atoms with Crippen LogP contribution in [0.5, 0.6) is 0 Å². The van der Waals surface area contributed by atoms with Crippen LogP contribution in [0.1, 0.15) is 323 Å². The van der Waals surface area contributed by atoms with Crippen LogP contribution in [0.2, 0.25) is 0 Å². The lowest BCUT2D eigenvalue weighted by Crippen LogP contribution is -2.30. The minimum Gasteiger partial charge on any atom is -0.462 e. The number of aliphatic hydroxyl groups is 1. The minimum atomic E-state index is -5.00. The number of unbranched alkanes of at least 4 members (excludes halogenated alkanes) is 26. The van der Waals surface area contributed by atoms with Crippen LogP contribution in [0, 0.1) is 0 Å². The van der Waals surface area contributed by atoms with Crippen molar-refractivity contribution in [2.24, 2.45) is 0 Å². The number of hydrogen-bond acceptors (Lipinski definition) is 15. The summed E-state index contributed by atoms with van der Waals surface area (Å²) in [6, 6.07) is 0. The summed E-state index contributed by atoms with van der Waals surface area (Å²) in [6.07, 6.45) is 89.6. The molecule has 0 rings (SSSR count). The van der Waals surface area contributed by atoms with Gasteiger partial charge in [-0.15, -0.1) is 0 Å². The molecule has 17 nitrogen and oxygen atoms in total. The van der Waals surface area contributed by atoms with E-state index in [0.717, 1.165) is 173 Å². The Bertz CT molecular complexity index is 2580. The van der Waals surface area contributed by atoms with Gasteiger partial charge < -0.3 is 33.8 Å². The van der Waals surface area contributed by atoms with Gasteiger partial charge in [0.05, 0.1) is 26.4 Å². The predicted octanol–water partition coefficient (Wildman–Crippen LogP) is 24.2. The molecule has 0 radical (unpaired) electrons. The van der Waals surface area contributed by atoms with E-state index in [1.54, 1.807) is 0 Å². The van der Waals surface area contributed by atoms with Crippen LogP contribution >= 0.6 is 15.6 Å². The summed E-state index contributed by atoms with van der Waals surface area (Å²) in [5, 5.41) is 10.7. The van der Waals surface area contributed by atoms with Gasteiger partial charge in [0, 0.05) is 25.7 Å². The molecule has 106 heavy (non-hydrogen) atoms. The molecule has 0 saturated carbocycles. The van der Waals surface area contributed by atoms with E-state index in [1.165, 1.54) is 70.6 Å². The molecule has 0 aromatic heterocycles. The van der Waals surface area contributed by atoms with Crippen LogP contribution in [0.4, 0.5) is 0 Å². The van der Waals surface area contributed by atoms with Gasteiger partial charge in [-0.05, 0) is 148 Å². The van der Waals surface area contributed by atoms with Crippen molar-refractivity contribution in [2.45, 2.75) is 341 Å². The van der Waals surface area contributed by atoms with E-state index >= 15 is 0 Å². The van der Waals surface area contributed by atoms with Crippen molar-refractivity contribution in [3.05, 3.63) is 146 Å². The molecule has 606 valence electrons. The first-order chi connectivity index (χ1) is 51.7. The van der Waals surface area contributed by atoms with Crippen LogP contribution in [0.25, 0.3) is 0 Å². The van der Waals surface area contributed by atoms with Crippen LogP contribution < -0.4 is 0 Å². The zero-order chi connectivity index (χ0) is 77.4. The number of ether oxygens (including phenoxy) is 4. The second kappa shape index (κ2) is 78.1. The Hall–Kier alpha value is -5.06. The second-order valence-electron chi connectivity index (χ2n) is 27.0. The van der Waals surface area contributed by atoms with E-state index in [9.17, 15) is 43.2 Å². The van der Waals surface area contributed by atoms with Gasteiger partial charge in [0.15, 0.2) is 12.2 Å². The summed E-state index contributed by atoms with van der Waals surface area (Å²) < 4.78 is 68.6. The molecule has 0 aliphatic heterocycles. The number of aliphatic hydroxyl groups excluding tert-OH is 1. The molecule has 19 heteroatoms. The van der Waals surface area contributed by atoms with Crippen molar-refractivity contribution >= 4 is 39.5 Å². The van der Waals surface area contributed by atoms with Crippen molar-refractivity contribution in [3.63, 3.8) is 0 Å². The minimum absolute atomic E-state index is 0.0680. The summed E-state index contributed by atoms with van der Waals surface area (Å²) in [4.78, 5) is 73.1. The Labute approximate surface area is 643 Å². The number of carbonyl (C=O) groups is 4. The third-order valence-corrected chi connectivity index (χ3v) is 18.7. The van der Waals surface area contributed by atoms with E-state index in [-0.39, 0.29) is 25.7 Å². The van der Waals surface area contributed by atoms with Gasteiger partial charge in [-0.1, -0.05) is 296 Å². The molecule has 0 bridgehead atoms. The number of allylic oxidation sites excluding steroid dienone is 24. The maximum absolute atomic E-state index is 13.1. The van der Waals surface area contributed by atoms with E-state index in [0.29, 0.717) is 25.7 Å². The van der Waals surface area contributed by atoms with Crippen molar-refractivity contribution < 1.29 is 80.2 Å². The monoisotopic (exact) mass is 1530 g/mol. The highest BCUT2D eigenvalue weighted by atomic mass is 31.2. The molecular weight excluding hydrogens is 1380 g/mol. The second-order valence-corrected chi connectivity index (χ2v) is 29.9. The lowest BCUT2D eigenvalue weighted by atomic mass is 10.0. The predicted molar refractivity (Wildman–Crippen MR) is 436 cm³/mol. The van der Waals surface area contributed by atoms with Crippen molar-refractivity contribution in [2.75, 3.05) is 39.6 Å². The van der Waals surface area contributed by atoms with Gasteiger partial charge in [-0.25, -0.2) is 9.13 Å². The summed E-state index contributed by atoms with van der Waals surface area (Å²) in [5.41, 5.74) is 0. The lowest BCUT2D eigenvalue weighted by Gasteiger charge is -2.21. The highest BCUT2D eigenvalue weighted by Crippen LogP contribution is 2.45. The molecule has 0 aromatic rings. The molecule has 5 unspecified atom stereocenters. The number of esters is 4. The molecule has 0 saturated heterocycles. The molecule has 0 fully saturated rings. The summed E-state index contributed by atoms with van der Waals surface area (Å²) in [6.45, 7) is 4.54. The maximum atomic E-state index is 13.1. The Balaban J connectivity index is 5.44. The fourth-order valence-corrected chi connectivity index (χ4v) is 12.2. The zero-order valence-electron chi connectivity index (χ0n) is 66.3. The first kappa shape index (κ1) is 101. The first-order valence-electron chi connectivity index (χ1n) is 41.1. The topological polar surface area (TPSA) is 237 Å². The summed E-state index contributed by atoms with van der Waals surface area (Å²) >= 11 is 0. The van der Waals surface area contributed by atoms with Crippen molar-refractivity contribution in [3.8, 4) is 0 Å². The van der Waals surface area contributed by atoms with Crippen LogP contribution in [-0.2, 0) is 65.4 Å². The van der Waals surface area contributed by atoms with E-state index in [1.807, 2.05) is 0 Å². The lowest BCUT2D eigenvalue weighted by molar-refractivity contribution is -0.161. The quantitative estimate of drug-likeness (QED) is 0.0169. The maximum Gasteiger partial charge on any atom is 0.472 e. The molecule has 3 N–H and O–H groups in total. The Morgan fingerprint density at radius 2 is 0.491 bits per heavy atom. The van der Waals surface area contributed by atoms with Crippen LogP contribution in [0.3, 0.4) is 0 Å². The van der Waals surface area contributed by atoms with Gasteiger partial charge in [-0.2, -0.15) is 0 Å². The number of phosphoric acid groups is 2. The van der Waals surface area contributed by atoms with Crippen LogP contribution in [-0.4, -0.2) is 96.7 Å². The highest BCUT2D eigenvalue weighted by Gasteiger charge is 2.30. The molecule has 0 aliphatic rings. The first-order valence-corrected chi connectivity index (χ1v) is 44.1. The smallest absolute Gasteiger partial charge is 0.462 e. The third-order valence-electron chi connectivity index (χ3n) is 16.8. The molecule has 0 spiro atoms. The number of carbonyl (C=O) groups excluding carboxylic acids is 4. The molecule has 0 amide bonds. The Morgan fingerprint density at radius 3 is 0.802 bits per heavy atom. The van der Waals surface area contributed by atoms with Gasteiger partial charge in [-0.3, -0.25) is 37.3 Å². The highest BCUT2D eigenvalue weighted by molar-refractivity contribution is 7.47. The standard InChI is InChI=1S/C87H146O17P2/c1-5-9-13-17-21-25-29-33-36-38-40-42-45-49-52-56-60-64-68-72-85(90)98-78-83(104-87(92)74-70-66-62-58-54-50-46-43-41-39-37-34-30-26-22-18-14-10-6-2)80-102-106(95,96)100-76-81(88)75-99-105(93,94)101-79-82(103-86(91)73-69-65-61-57-53-47-32-28-24-20-16-12-8-4)77-97-84(89)71-67-63-59-55-51-48-44-35-31-27-23-19-15-11-7-3/h9,11,13,15,21-23,25-27,33-37,40-44,49,51-52,55,81-83,88H,5-8,10,12,14,16-20,24,28-32,38-39,45-48,50,53-54,56-80H2,1-4H3,(H,93,94)(H,95,96)/b13-9-,15-11-,25-21-,26-22-,27-23-,36-33-,37-34-,42-40-,43-41-,44-35-,52-49-,55-51-. The largest absolute Gasteiger partial charge is 0.472 e. The summed E-state index contributed by atoms with van der Waals surface area (Å²) in [7, 11) is -9.99. The SMILES string of the molecule is CC/C=C\C/C=C\C/C=C\C/C=C\C/C=C\CCCCCC(=O)OCC(COP(=O)(O)OCC(O)COP(=O)(O)OCC(COC(=O)CCCC/C=C\C/C=C\C/C=C\C/C=C\CC)OC(=O)CCCCCCCCCCCCCCC)OC(=O)CCCCCCCC/C=C\C/C=C\C/C=C\CCCCC. The molecule has 5 atom stereocenters. The fourth-order valence-electron chi connectivity index (χ4n) is 10.6. The number of hydrogen-bond donors (Lipinski definition) is 3. The Morgan fingerprint density at radius 1 is 0.274 bits per heavy atom. The molecule has 0 aromatic carbocycles. The van der Waals surface area contributed by atoms with Crippen LogP contribution in [0.15, 0.2) is 146 Å². The molecule has 0 heterocycles.